The highest BCUT2D eigenvalue weighted by Gasteiger charge is 2.06. The zero-order valence-corrected chi connectivity index (χ0v) is 9.00. The summed E-state index contributed by atoms with van der Waals surface area (Å²) in [6.07, 6.45) is 0. The van der Waals surface area contributed by atoms with Gasteiger partial charge >= 0.3 is 5.97 Å². The zero-order valence-electron chi connectivity index (χ0n) is 8.19. The van der Waals surface area contributed by atoms with E-state index in [0.717, 1.165) is 10.7 Å². The Kier molecular flexibility index (Phi) is 4.03. The Labute approximate surface area is 86.6 Å². The van der Waals surface area contributed by atoms with Gasteiger partial charge in [0.2, 0.25) is 0 Å². The second-order valence-electron chi connectivity index (χ2n) is 3.21. The van der Waals surface area contributed by atoms with Crippen LogP contribution in [0, 0.1) is 0 Å². The van der Waals surface area contributed by atoms with Gasteiger partial charge in [0.05, 0.1) is 12.3 Å². The number of nitrogens with zero attached hydrogens (tertiary/aromatic N) is 1. The van der Waals surface area contributed by atoms with Gasteiger partial charge in [0.25, 0.3) is 0 Å². The smallest absolute Gasteiger partial charge is 0.329 e. The van der Waals surface area contributed by atoms with Gasteiger partial charge in [-0.05, 0) is 5.92 Å². The van der Waals surface area contributed by atoms with Crippen molar-refractivity contribution in [2.45, 2.75) is 26.4 Å². The molecule has 1 aromatic rings. The van der Waals surface area contributed by atoms with Crippen molar-refractivity contribution in [2.24, 2.45) is 0 Å². The van der Waals surface area contributed by atoms with Crippen molar-refractivity contribution >= 4 is 17.3 Å². The number of carboxylic acids is 1. The lowest BCUT2D eigenvalue weighted by molar-refractivity contribution is -0.142. The number of hydrogen-bond acceptors (Lipinski definition) is 4. The molecule has 1 aromatic heterocycles. The molecule has 0 aliphatic carbocycles. The molecular formula is C9H13NO3S. The molecule has 4 nitrogen and oxygen atoms in total. The molecule has 1 rings (SSSR count). The molecule has 0 aliphatic heterocycles. The molecule has 5 heteroatoms. The lowest BCUT2D eigenvalue weighted by Gasteiger charge is -1.98. The van der Waals surface area contributed by atoms with Crippen LogP contribution in [-0.4, -0.2) is 22.7 Å². The zero-order chi connectivity index (χ0) is 10.6. The van der Waals surface area contributed by atoms with Crippen molar-refractivity contribution in [3.8, 4) is 0 Å². The molecule has 78 valence electrons. The monoisotopic (exact) mass is 215 g/mol. The number of hydrogen-bond donors (Lipinski definition) is 1. The van der Waals surface area contributed by atoms with Gasteiger partial charge in [0, 0.05) is 5.38 Å². The number of ether oxygens (including phenoxy) is 1. The molecule has 0 saturated carbocycles. The quantitative estimate of drug-likeness (QED) is 0.814. The van der Waals surface area contributed by atoms with Gasteiger partial charge in [0.1, 0.15) is 11.6 Å². The van der Waals surface area contributed by atoms with Crippen LogP contribution in [0.15, 0.2) is 5.38 Å². The third kappa shape index (κ3) is 3.43. The molecule has 0 spiro atoms. The Morgan fingerprint density at radius 3 is 2.93 bits per heavy atom. The minimum Gasteiger partial charge on any atom is -0.480 e. The molecule has 0 radical (unpaired) electrons. The van der Waals surface area contributed by atoms with Gasteiger partial charge in [0.15, 0.2) is 0 Å². The predicted octanol–water partition coefficient (Wildman–Crippen LogP) is 1.87. The Balaban J connectivity index is 2.40. The van der Waals surface area contributed by atoms with Crippen LogP contribution in [0.25, 0.3) is 0 Å². The lowest BCUT2D eigenvalue weighted by Crippen LogP contribution is -2.06. The molecule has 1 heterocycles. The Morgan fingerprint density at radius 2 is 2.43 bits per heavy atom. The molecule has 0 atom stereocenters. The van der Waals surface area contributed by atoms with Gasteiger partial charge < -0.3 is 9.84 Å². The average Bonchev–Trinajstić information content (AvgIpc) is 2.52. The fraction of sp³-hybridized carbons (Fsp3) is 0.556. The number of aromatic nitrogens is 1. The van der Waals surface area contributed by atoms with Gasteiger partial charge in [-0.25, -0.2) is 9.78 Å². The first-order valence-electron chi connectivity index (χ1n) is 4.33. The summed E-state index contributed by atoms with van der Waals surface area (Å²) >= 11 is 1.50. The molecule has 14 heavy (non-hydrogen) atoms. The summed E-state index contributed by atoms with van der Waals surface area (Å²) in [5.74, 6) is -0.551. The van der Waals surface area contributed by atoms with Crippen molar-refractivity contribution < 1.29 is 14.6 Å². The maximum Gasteiger partial charge on any atom is 0.329 e. The van der Waals surface area contributed by atoms with E-state index in [1.807, 2.05) is 5.38 Å². The van der Waals surface area contributed by atoms with Crippen LogP contribution in [0.3, 0.4) is 0 Å². The number of aliphatic carboxylic acids is 1. The summed E-state index contributed by atoms with van der Waals surface area (Å²) in [5, 5.41) is 11.1. The van der Waals surface area contributed by atoms with Crippen LogP contribution < -0.4 is 0 Å². The van der Waals surface area contributed by atoms with Crippen molar-refractivity contribution in [2.75, 3.05) is 6.61 Å². The highest BCUT2D eigenvalue weighted by atomic mass is 32.1. The van der Waals surface area contributed by atoms with E-state index in [0.29, 0.717) is 5.92 Å². The van der Waals surface area contributed by atoms with Crippen LogP contribution in [0.2, 0.25) is 0 Å². The molecule has 0 saturated heterocycles. The van der Waals surface area contributed by atoms with Gasteiger partial charge in [-0.15, -0.1) is 11.3 Å². The van der Waals surface area contributed by atoms with E-state index in [2.05, 4.69) is 18.8 Å². The fourth-order valence-corrected chi connectivity index (χ4v) is 1.77. The lowest BCUT2D eigenvalue weighted by atomic mass is 10.2. The molecule has 0 aliphatic rings. The first-order valence-corrected chi connectivity index (χ1v) is 5.21. The normalized spacial score (nSPS) is 10.8. The molecular weight excluding hydrogens is 202 g/mol. The van der Waals surface area contributed by atoms with Crippen molar-refractivity contribution in [3.63, 3.8) is 0 Å². The summed E-state index contributed by atoms with van der Waals surface area (Å²) < 4.78 is 4.92. The second-order valence-corrected chi connectivity index (χ2v) is 4.15. The summed E-state index contributed by atoms with van der Waals surface area (Å²) in [4.78, 5) is 14.5. The maximum absolute atomic E-state index is 10.2. The van der Waals surface area contributed by atoms with Crippen LogP contribution in [0.1, 0.15) is 30.5 Å². The highest BCUT2D eigenvalue weighted by molar-refractivity contribution is 7.09. The van der Waals surface area contributed by atoms with Gasteiger partial charge in [-0.3, -0.25) is 0 Å². The van der Waals surface area contributed by atoms with Crippen LogP contribution >= 0.6 is 11.3 Å². The largest absolute Gasteiger partial charge is 0.480 e. The summed E-state index contributed by atoms with van der Waals surface area (Å²) in [6.45, 7) is 4.15. The van der Waals surface area contributed by atoms with Crippen molar-refractivity contribution in [3.05, 3.63) is 16.1 Å². The molecule has 0 fully saturated rings. The first-order chi connectivity index (χ1) is 6.59. The Hall–Kier alpha value is -0.940. The third-order valence-electron chi connectivity index (χ3n) is 1.61. The van der Waals surface area contributed by atoms with E-state index >= 15 is 0 Å². The first kappa shape index (κ1) is 11.1. The van der Waals surface area contributed by atoms with Crippen LogP contribution in [-0.2, 0) is 16.1 Å². The van der Waals surface area contributed by atoms with Gasteiger partial charge in [-0.1, -0.05) is 13.8 Å². The van der Waals surface area contributed by atoms with Gasteiger partial charge in [-0.2, -0.15) is 0 Å². The minimum absolute atomic E-state index is 0.267. The average molecular weight is 215 g/mol. The molecule has 1 N–H and O–H groups in total. The SMILES string of the molecule is CC(C)c1csc(COCC(=O)O)n1. The third-order valence-corrected chi connectivity index (χ3v) is 2.45. The molecule has 0 aromatic carbocycles. The molecule has 0 unspecified atom stereocenters. The number of thiazole rings is 1. The van der Waals surface area contributed by atoms with Crippen molar-refractivity contribution in [1.82, 2.24) is 4.98 Å². The van der Waals surface area contributed by atoms with E-state index in [1.165, 1.54) is 11.3 Å². The topological polar surface area (TPSA) is 59.4 Å². The highest BCUT2D eigenvalue weighted by Crippen LogP contribution is 2.18. The summed E-state index contributed by atoms with van der Waals surface area (Å²) in [7, 11) is 0. The molecule has 0 bridgehead atoms. The van der Waals surface area contributed by atoms with E-state index in [1.54, 1.807) is 0 Å². The van der Waals surface area contributed by atoms with Crippen LogP contribution in [0.5, 0.6) is 0 Å². The summed E-state index contributed by atoms with van der Waals surface area (Å²) in [5.41, 5.74) is 1.03. The van der Waals surface area contributed by atoms with E-state index < -0.39 is 5.97 Å². The number of carbonyl (C=O) groups is 1. The standard InChI is InChI=1S/C9H13NO3S/c1-6(2)7-5-14-8(10-7)3-13-4-9(11)12/h5-6H,3-4H2,1-2H3,(H,11,12). The number of carboxylic acid groups (broad SMARTS) is 1. The van der Waals surface area contributed by atoms with E-state index in [-0.39, 0.29) is 13.2 Å². The van der Waals surface area contributed by atoms with E-state index in [9.17, 15) is 4.79 Å². The Bertz CT molecular complexity index is 309. The molecule has 0 amide bonds. The predicted molar refractivity (Wildman–Crippen MR) is 53.5 cm³/mol. The summed E-state index contributed by atoms with van der Waals surface area (Å²) in [6, 6.07) is 0. The van der Waals surface area contributed by atoms with Crippen LogP contribution in [0.4, 0.5) is 0 Å². The Morgan fingerprint density at radius 1 is 1.71 bits per heavy atom. The second kappa shape index (κ2) is 5.07. The van der Waals surface area contributed by atoms with E-state index in [4.69, 9.17) is 9.84 Å². The fourth-order valence-electron chi connectivity index (χ4n) is 0.882. The maximum atomic E-state index is 10.2. The van der Waals surface area contributed by atoms with Crippen molar-refractivity contribution in [1.29, 1.82) is 0 Å². The number of rotatable bonds is 5. The minimum atomic E-state index is -0.953.